The summed E-state index contributed by atoms with van der Waals surface area (Å²) in [4.78, 5) is 66.5. The number of fused-ring (bicyclic) bond motifs is 1. The number of unbranched alkanes of at least 4 members (excludes halogenated alkanes) is 1. The van der Waals surface area contributed by atoms with E-state index in [0.29, 0.717) is 36.9 Å². The van der Waals surface area contributed by atoms with E-state index in [1.54, 1.807) is 36.5 Å². The summed E-state index contributed by atoms with van der Waals surface area (Å²) in [5.74, 6) is -4.38. The molecule has 1 aromatic heterocycles. The standard InChI is InChI=1S/C30H39N7O6/c31-13-7-6-11-21(32)27(39)35-24(16-26(33)38)29(41)36-23(14-18-8-2-1-3-9-18)28(40)37-25(30(42)43)15-19-17-34-22-12-5-4-10-20(19)22/h1-5,8-10,12,17,21,23-25,34H,6-7,11,13-16,31-32H2,(H2,33,38)(H,35,39)(H,36,41)(H,37,40)(H,42,43). The number of aromatic nitrogens is 1. The first-order chi connectivity index (χ1) is 20.6. The molecule has 0 saturated carbocycles. The number of carbonyl (C=O) groups excluding carboxylic acids is 4. The van der Waals surface area contributed by atoms with Crippen LogP contribution in [-0.2, 0) is 36.8 Å². The van der Waals surface area contributed by atoms with E-state index in [4.69, 9.17) is 17.2 Å². The lowest BCUT2D eigenvalue weighted by Crippen LogP contribution is -2.58. The number of carboxylic acid groups (broad SMARTS) is 1. The molecule has 0 aliphatic heterocycles. The number of hydrogen-bond acceptors (Lipinski definition) is 7. The summed E-state index contributed by atoms with van der Waals surface area (Å²) in [6, 6.07) is 11.3. The molecule has 230 valence electrons. The molecule has 13 heteroatoms. The molecule has 3 rings (SSSR count). The van der Waals surface area contributed by atoms with Gasteiger partial charge in [0.2, 0.25) is 23.6 Å². The molecule has 4 unspecified atom stereocenters. The highest BCUT2D eigenvalue weighted by Gasteiger charge is 2.31. The average molecular weight is 594 g/mol. The smallest absolute Gasteiger partial charge is 0.326 e. The third-order valence-corrected chi connectivity index (χ3v) is 6.97. The highest BCUT2D eigenvalue weighted by molar-refractivity contribution is 5.96. The Morgan fingerprint density at radius 2 is 1.42 bits per heavy atom. The van der Waals surface area contributed by atoms with Crippen LogP contribution in [0.15, 0.2) is 60.8 Å². The van der Waals surface area contributed by atoms with Crippen LogP contribution < -0.4 is 33.2 Å². The Morgan fingerprint density at radius 1 is 0.791 bits per heavy atom. The molecule has 2 aromatic carbocycles. The Labute approximate surface area is 248 Å². The van der Waals surface area contributed by atoms with Gasteiger partial charge < -0.3 is 43.2 Å². The van der Waals surface area contributed by atoms with Gasteiger partial charge in [-0.2, -0.15) is 0 Å². The Balaban J connectivity index is 1.78. The van der Waals surface area contributed by atoms with Gasteiger partial charge in [0.1, 0.15) is 18.1 Å². The second-order valence-corrected chi connectivity index (χ2v) is 10.3. The number of aromatic amines is 1. The number of H-pyrrole nitrogens is 1. The van der Waals surface area contributed by atoms with Gasteiger partial charge in [-0.15, -0.1) is 0 Å². The van der Waals surface area contributed by atoms with Crippen molar-refractivity contribution >= 4 is 40.5 Å². The van der Waals surface area contributed by atoms with Gasteiger partial charge >= 0.3 is 5.97 Å². The highest BCUT2D eigenvalue weighted by atomic mass is 16.4. The van der Waals surface area contributed by atoms with Gasteiger partial charge in [0, 0.05) is 29.9 Å². The summed E-state index contributed by atoms with van der Waals surface area (Å²) in [5, 5.41) is 18.3. The zero-order valence-electron chi connectivity index (χ0n) is 23.8. The minimum absolute atomic E-state index is 0.00762. The van der Waals surface area contributed by atoms with Crippen molar-refractivity contribution in [2.24, 2.45) is 17.2 Å². The van der Waals surface area contributed by atoms with Gasteiger partial charge in [0.15, 0.2) is 0 Å². The number of carboxylic acids is 1. The van der Waals surface area contributed by atoms with Crippen LogP contribution in [0.4, 0.5) is 0 Å². The molecular formula is C30H39N7O6. The average Bonchev–Trinajstić information content (AvgIpc) is 3.39. The van der Waals surface area contributed by atoms with Crippen LogP contribution in [0.5, 0.6) is 0 Å². The molecule has 0 saturated heterocycles. The van der Waals surface area contributed by atoms with E-state index < -0.39 is 60.2 Å². The molecule has 0 fully saturated rings. The van der Waals surface area contributed by atoms with Gasteiger partial charge in [-0.05, 0) is 36.6 Å². The van der Waals surface area contributed by atoms with E-state index >= 15 is 0 Å². The number of benzene rings is 2. The second-order valence-electron chi connectivity index (χ2n) is 10.3. The normalized spacial score (nSPS) is 13.8. The van der Waals surface area contributed by atoms with Gasteiger partial charge in [-0.3, -0.25) is 19.2 Å². The molecule has 4 amide bonds. The topological polar surface area (TPSA) is 236 Å². The Kier molecular flexibility index (Phi) is 12.2. The van der Waals surface area contributed by atoms with Crippen molar-refractivity contribution in [3.8, 4) is 0 Å². The first-order valence-corrected chi connectivity index (χ1v) is 14.1. The number of primary amides is 1. The van der Waals surface area contributed by atoms with E-state index in [-0.39, 0.29) is 12.8 Å². The lowest BCUT2D eigenvalue weighted by atomic mass is 10.0. The molecule has 13 nitrogen and oxygen atoms in total. The SMILES string of the molecule is NCCCCC(N)C(=O)NC(CC(N)=O)C(=O)NC(Cc1ccccc1)C(=O)NC(Cc1c[nH]c2ccccc12)C(=O)O. The number of para-hydroxylation sites is 1. The van der Waals surface area contributed by atoms with Crippen molar-refractivity contribution < 1.29 is 29.1 Å². The van der Waals surface area contributed by atoms with Gasteiger partial charge in [-0.1, -0.05) is 55.0 Å². The summed E-state index contributed by atoms with van der Waals surface area (Å²) >= 11 is 0. The maximum atomic E-state index is 13.5. The summed E-state index contributed by atoms with van der Waals surface area (Å²) in [5.41, 5.74) is 19.0. The molecule has 0 bridgehead atoms. The summed E-state index contributed by atoms with van der Waals surface area (Å²) < 4.78 is 0. The van der Waals surface area contributed by atoms with Crippen molar-refractivity contribution in [2.75, 3.05) is 6.54 Å². The van der Waals surface area contributed by atoms with Crippen molar-refractivity contribution in [2.45, 2.75) is 62.7 Å². The fourth-order valence-electron chi connectivity index (χ4n) is 4.65. The largest absolute Gasteiger partial charge is 0.480 e. The quantitative estimate of drug-likeness (QED) is 0.0975. The fourth-order valence-corrected chi connectivity index (χ4v) is 4.65. The lowest BCUT2D eigenvalue weighted by molar-refractivity contribution is -0.142. The van der Waals surface area contributed by atoms with Crippen molar-refractivity contribution in [3.05, 3.63) is 71.9 Å². The molecule has 0 aliphatic rings. The maximum Gasteiger partial charge on any atom is 0.326 e. The monoisotopic (exact) mass is 593 g/mol. The molecule has 0 aliphatic carbocycles. The summed E-state index contributed by atoms with van der Waals surface area (Å²) in [7, 11) is 0. The van der Waals surface area contributed by atoms with Crippen LogP contribution in [0.25, 0.3) is 10.9 Å². The lowest BCUT2D eigenvalue weighted by Gasteiger charge is -2.25. The summed E-state index contributed by atoms with van der Waals surface area (Å²) in [6.45, 7) is 0.441. The van der Waals surface area contributed by atoms with Crippen LogP contribution in [-0.4, -0.2) is 70.4 Å². The molecule has 0 spiro atoms. The number of nitrogens with two attached hydrogens (primary N) is 3. The third-order valence-electron chi connectivity index (χ3n) is 6.97. The van der Waals surface area contributed by atoms with Gasteiger partial charge in [0.25, 0.3) is 0 Å². The molecular weight excluding hydrogens is 554 g/mol. The van der Waals surface area contributed by atoms with Crippen molar-refractivity contribution in [3.63, 3.8) is 0 Å². The van der Waals surface area contributed by atoms with Crippen LogP contribution in [0, 0.1) is 0 Å². The molecule has 1 heterocycles. The fraction of sp³-hybridized carbons (Fsp3) is 0.367. The van der Waals surface area contributed by atoms with E-state index in [9.17, 15) is 29.1 Å². The first-order valence-electron chi connectivity index (χ1n) is 14.1. The molecule has 11 N–H and O–H groups in total. The molecule has 3 aromatic rings. The van der Waals surface area contributed by atoms with Gasteiger partial charge in [0.05, 0.1) is 12.5 Å². The number of nitrogens with one attached hydrogen (secondary N) is 4. The van der Waals surface area contributed by atoms with Gasteiger partial charge in [-0.25, -0.2) is 4.79 Å². The maximum absolute atomic E-state index is 13.5. The predicted molar refractivity (Wildman–Crippen MR) is 160 cm³/mol. The van der Waals surface area contributed by atoms with E-state index in [1.807, 2.05) is 24.3 Å². The minimum atomic E-state index is -1.40. The van der Waals surface area contributed by atoms with Crippen LogP contribution in [0.2, 0.25) is 0 Å². The zero-order chi connectivity index (χ0) is 31.4. The second kappa shape index (κ2) is 16.0. The number of carbonyl (C=O) groups is 5. The van der Waals surface area contributed by atoms with E-state index in [0.717, 1.165) is 10.9 Å². The van der Waals surface area contributed by atoms with Crippen LogP contribution >= 0.6 is 0 Å². The van der Waals surface area contributed by atoms with E-state index in [2.05, 4.69) is 20.9 Å². The Hall–Kier alpha value is -4.75. The Bertz CT molecular complexity index is 1410. The number of hydrogen-bond donors (Lipinski definition) is 8. The minimum Gasteiger partial charge on any atom is -0.480 e. The van der Waals surface area contributed by atoms with Crippen molar-refractivity contribution in [1.82, 2.24) is 20.9 Å². The van der Waals surface area contributed by atoms with E-state index in [1.165, 1.54) is 0 Å². The zero-order valence-corrected chi connectivity index (χ0v) is 23.8. The molecule has 43 heavy (non-hydrogen) atoms. The predicted octanol–water partition coefficient (Wildman–Crippen LogP) is -0.176. The molecule has 4 atom stereocenters. The van der Waals surface area contributed by atoms with Crippen LogP contribution in [0.3, 0.4) is 0 Å². The number of amides is 4. The highest BCUT2D eigenvalue weighted by Crippen LogP contribution is 2.19. The molecule has 0 radical (unpaired) electrons. The number of aliphatic carboxylic acids is 1. The Morgan fingerprint density at radius 3 is 2.09 bits per heavy atom. The first kappa shape index (κ1) is 32.8. The third kappa shape index (κ3) is 9.94. The summed E-state index contributed by atoms with van der Waals surface area (Å²) in [6.07, 6.45) is 2.73. The van der Waals surface area contributed by atoms with Crippen LogP contribution in [0.1, 0.15) is 36.8 Å². The van der Waals surface area contributed by atoms with Crippen molar-refractivity contribution in [1.29, 1.82) is 0 Å². The number of rotatable bonds is 17.